The molecule has 0 aromatic heterocycles. The lowest BCUT2D eigenvalue weighted by Gasteiger charge is -2.42. The van der Waals surface area contributed by atoms with E-state index < -0.39 is 30.2 Å². The molecule has 1 fully saturated rings. The third-order valence-corrected chi connectivity index (χ3v) is 6.93. The van der Waals surface area contributed by atoms with Crippen LogP contribution < -0.4 is 4.90 Å². The van der Waals surface area contributed by atoms with Gasteiger partial charge in [-0.05, 0) is 60.5 Å². The molecule has 1 N–H and O–H groups in total. The summed E-state index contributed by atoms with van der Waals surface area (Å²) in [4.78, 5) is 4.00. The van der Waals surface area contributed by atoms with Gasteiger partial charge < -0.3 is 10.0 Å². The molecule has 1 saturated heterocycles. The number of aliphatic hydroxyl groups is 1. The van der Waals surface area contributed by atoms with Gasteiger partial charge in [0.05, 0.1) is 6.54 Å². The Kier molecular flexibility index (Phi) is 6.61. The molecule has 0 aliphatic carbocycles. The highest BCUT2D eigenvalue weighted by atomic mass is 19.4. The molecule has 0 amide bonds. The molecule has 2 aliphatic heterocycles. The van der Waals surface area contributed by atoms with Crippen LogP contribution in [0.2, 0.25) is 0 Å². The Hall–Kier alpha value is -2.31. The molecule has 2 aromatic rings. The smallest absolute Gasteiger partial charge is 0.379 e. The molecule has 6 heteroatoms. The number of fused-ring (bicyclic) bond motifs is 1. The zero-order chi connectivity index (χ0) is 23.7. The standard InChI is InChI=1S/C27H33F3N2O/c1-25(2,23-12-7-9-21(17-23)18-31-14-5-6-15-31)19-26(33,27(28,29)30)20-32-16-8-11-22-10-3-4-13-24(22)32/h3-4,7-13,17,33H,5-6,14-16,18-20H2,1-2H3. The summed E-state index contributed by atoms with van der Waals surface area (Å²) in [5.41, 5.74) is -0.208. The molecule has 0 spiro atoms. The fourth-order valence-electron chi connectivity index (χ4n) is 5.16. The van der Waals surface area contributed by atoms with Crippen LogP contribution in [0.1, 0.15) is 49.8 Å². The van der Waals surface area contributed by atoms with Crippen LogP contribution >= 0.6 is 0 Å². The monoisotopic (exact) mass is 458 g/mol. The Balaban J connectivity index is 1.57. The van der Waals surface area contributed by atoms with Crippen molar-refractivity contribution in [1.82, 2.24) is 4.90 Å². The molecule has 2 aromatic carbocycles. The predicted octanol–water partition coefficient (Wildman–Crippen LogP) is 5.78. The molecule has 1 unspecified atom stereocenters. The van der Waals surface area contributed by atoms with Crippen molar-refractivity contribution in [2.75, 3.05) is 31.1 Å². The first-order valence-electron chi connectivity index (χ1n) is 11.7. The number of nitrogens with zero attached hydrogens (tertiary/aromatic N) is 2. The molecule has 3 nitrogen and oxygen atoms in total. The third kappa shape index (κ3) is 5.28. The average Bonchev–Trinajstić information content (AvgIpc) is 3.26. The van der Waals surface area contributed by atoms with E-state index in [9.17, 15) is 18.3 Å². The van der Waals surface area contributed by atoms with E-state index in [1.807, 2.05) is 60.7 Å². The van der Waals surface area contributed by atoms with Crippen molar-refractivity contribution in [3.05, 3.63) is 71.3 Å². The highest BCUT2D eigenvalue weighted by Gasteiger charge is 2.56. The molecule has 33 heavy (non-hydrogen) atoms. The number of hydrogen-bond donors (Lipinski definition) is 1. The molecule has 2 heterocycles. The molecule has 0 bridgehead atoms. The molecule has 2 aliphatic rings. The third-order valence-electron chi connectivity index (χ3n) is 6.93. The van der Waals surface area contributed by atoms with Gasteiger partial charge >= 0.3 is 6.18 Å². The van der Waals surface area contributed by atoms with Gasteiger partial charge in [0.15, 0.2) is 5.60 Å². The molecule has 178 valence electrons. The lowest BCUT2D eigenvalue weighted by Crippen LogP contribution is -2.56. The number of benzene rings is 2. The summed E-state index contributed by atoms with van der Waals surface area (Å²) in [7, 11) is 0. The number of alkyl halides is 3. The van der Waals surface area contributed by atoms with Gasteiger partial charge in [0.2, 0.25) is 0 Å². The lowest BCUT2D eigenvalue weighted by atomic mass is 9.74. The largest absolute Gasteiger partial charge is 0.418 e. The van der Waals surface area contributed by atoms with Crippen molar-refractivity contribution in [3.63, 3.8) is 0 Å². The highest BCUT2D eigenvalue weighted by Crippen LogP contribution is 2.43. The topological polar surface area (TPSA) is 26.7 Å². The van der Waals surface area contributed by atoms with Gasteiger partial charge in [-0.15, -0.1) is 0 Å². The lowest BCUT2D eigenvalue weighted by molar-refractivity contribution is -0.262. The minimum atomic E-state index is -4.76. The van der Waals surface area contributed by atoms with E-state index in [0.717, 1.165) is 36.3 Å². The van der Waals surface area contributed by atoms with Gasteiger partial charge in [-0.25, -0.2) is 0 Å². The fourth-order valence-corrected chi connectivity index (χ4v) is 5.16. The van der Waals surface area contributed by atoms with E-state index in [1.165, 1.54) is 12.8 Å². The van der Waals surface area contributed by atoms with Crippen LogP contribution in [0.4, 0.5) is 18.9 Å². The molecule has 4 rings (SSSR count). The Bertz CT molecular complexity index is 995. The Morgan fingerprint density at radius 2 is 1.70 bits per heavy atom. The average molecular weight is 459 g/mol. The summed E-state index contributed by atoms with van der Waals surface area (Å²) in [5.74, 6) is 0. The van der Waals surface area contributed by atoms with E-state index >= 15 is 0 Å². The first-order chi connectivity index (χ1) is 15.6. The minimum absolute atomic E-state index is 0.334. The normalized spacial score (nSPS) is 18.9. The summed E-state index contributed by atoms with van der Waals surface area (Å²) in [6.07, 6.45) is 0.962. The number of rotatable bonds is 7. The van der Waals surface area contributed by atoms with E-state index in [-0.39, 0.29) is 0 Å². The van der Waals surface area contributed by atoms with Crippen LogP contribution in [0.15, 0.2) is 54.6 Å². The van der Waals surface area contributed by atoms with E-state index in [1.54, 1.807) is 18.7 Å². The SMILES string of the molecule is CC(C)(CC(O)(CN1CC=Cc2ccccc21)C(F)(F)F)c1cccc(CN2CCCC2)c1. The van der Waals surface area contributed by atoms with E-state index in [2.05, 4.69) is 4.90 Å². The zero-order valence-electron chi connectivity index (χ0n) is 19.4. The maximum absolute atomic E-state index is 14.3. The van der Waals surface area contributed by atoms with Crippen molar-refractivity contribution in [3.8, 4) is 0 Å². The van der Waals surface area contributed by atoms with Crippen molar-refractivity contribution in [2.45, 2.75) is 56.8 Å². The fraction of sp³-hybridized carbons (Fsp3) is 0.481. The maximum atomic E-state index is 14.3. The van der Waals surface area contributed by atoms with Gasteiger partial charge in [0.25, 0.3) is 0 Å². The number of halogens is 3. The zero-order valence-corrected chi connectivity index (χ0v) is 19.4. The second kappa shape index (κ2) is 9.15. The first-order valence-corrected chi connectivity index (χ1v) is 11.7. The van der Waals surface area contributed by atoms with Crippen LogP contribution in [0.5, 0.6) is 0 Å². The Labute approximate surface area is 194 Å². The molecular formula is C27H33F3N2O. The summed E-state index contributed by atoms with van der Waals surface area (Å²) in [6.45, 7) is 6.35. The molecule has 0 saturated carbocycles. The van der Waals surface area contributed by atoms with Crippen LogP contribution in [0, 0.1) is 0 Å². The van der Waals surface area contributed by atoms with E-state index in [0.29, 0.717) is 12.2 Å². The van der Waals surface area contributed by atoms with Crippen molar-refractivity contribution in [1.29, 1.82) is 0 Å². The maximum Gasteiger partial charge on any atom is 0.418 e. The molecule has 0 radical (unpaired) electrons. The second-order valence-corrected chi connectivity index (χ2v) is 10.1. The van der Waals surface area contributed by atoms with Crippen LogP contribution in [-0.4, -0.2) is 48.0 Å². The van der Waals surface area contributed by atoms with E-state index in [4.69, 9.17) is 0 Å². The first kappa shape index (κ1) is 23.8. The van der Waals surface area contributed by atoms with Crippen molar-refractivity contribution >= 4 is 11.8 Å². The van der Waals surface area contributed by atoms with Crippen molar-refractivity contribution in [2.24, 2.45) is 0 Å². The van der Waals surface area contributed by atoms with Crippen LogP contribution in [0.3, 0.4) is 0 Å². The highest BCUT2D eigenvalue weighted by molar-refractivity contribution is 5.71. The number of likely N-dealkylation sites (tertiary alicyclic amines) is 1. The van der Waals surface area contributed by atoms with Crippen LogP contribution in [-0.2, 0) is 12.0 Å². The predicted molar refractivity (Wildman–Crippen MR) is 127 cm³/mol. The van der Waals surface area contributed by atoms with Gasteiger partial charge in [-0.3, -0.25) is 4.90 Å². The summed E-state index contributed by atoms with van der Waals surface area (Å²) >= 11 is 0. The Morgan fingerprint density at radius 1 is 0.970 bits per heavy atom. The second-order valence-electron chi connectivity index (χ2n) is 10.1. The quantitative estimate of drug-likeness (QED) is 0.570. The van der Waals surface area contributed by atoms with Gasteiger partial charge in [-0.1, -0.05) is 68.5 Å². The summed E-state index contributed by atoms with van der Waals surface area (Å²) in [5, 5.41) is 11.1. The van der Waals surface area contributed by atoms with Gasteiger partial charge in [-0.2, -0.15) is 13.2 Å². The number of anilines is 1. The number of para-hydroxylation sites is 1. The molecule has 1 atom stereocenters. The van der Waals surface area contributed by atoms with Gasteiger partial charge in [0.1, 0.15) is 0 Å². The summed E-state index contributed by atoms with van der Waals surface area (Å²) < 4.78 is 43.0. The van der Waals surface area contributed by atoms with Crippen molar-refractivity contribution < 1.29 is 18.3 Å². The Morgan fingerprint density at radius 3 is 2.42 bits per heavy atom. The number of β-amino-alcohol motifs (C(OH)–C–C–N with tert-alkyl or cyclic N) is 1. The molecular weight excluding hydrogens is 425 g/mol. The van der Waals surface area contributed by atoms with Crippen LogP contribution in [0.25, 0.3) is 6.08 Å². The number of hydrogen-bond acceptors (Lipinski definition) is 3. The summed E-state index contributed by atoms with van der Waals surface area (Å²) in [6, 6.07) is 15.2. The van der Waals surface area contributed by atoms with Gasteiger partial charge in [0, 0.05) is 18.8 Å². The minimum Gasteiger partial charge on any atom is -0.379 e.